The third kappa shape index (κ3) is 4.57. The van der Waals surface area contributed by atoms with Crippen molar-refractivity contribution in [2.75, 3.05) is 0 Å². The van der Waals surface area contributed by atoms with Crippen LogP contribution in [0.1, 0.15) is 35.2 Å². The van der Waals surface area contributed by atoms with Gasteiger partial charge >= 0.3 is 0 Å². The minimum atomic E-state index is 0.124. The molecule has 3 aromatic carbocycles. The number of hydrogen-bond acceptors (Lipinski definition) is 2. The minimum absolute atomic E-state index is 0.124. The Morgan fingerprint density at radius 1 is 0.840 bits per heavy atom. The van der Waals surface area contributed by atoms with Gasteiger partial charge in [-0.05, 0) is 61.7 Å². The number of nitrogens with zero attached hydrogens (tertiary/aromatic N) is 1. The molecule has 25 heavy (non-hydrogen) atoms. The summed E-state index contributed by atoms with van der Waals surface area (Å²) in [7, 11) is 0. The van der Waals surface area contributed by atoms with Crippen molar-refractivity contribution in [3.05, 3.63) is 95.1 Å². The number of benzene rings is 3. The van der Waals surface area contributed by atoms with Crippen molar-refractivity contribution in [2.24, 2.45) is 4.99 Å². The number of rotatable bonds is 5. The zero-order valence-electron chi connectivity index (χ0n) is 14.9. The molecule has 3 aromatic rings. The molecule has 2 heteroatoms. The second-order valence-corrected chi connectivity index (χ2v) is 6.30. The fraction of sp³-hybridized carbons (Fsp3) is 0.174. The molecular weight excluding hydrogens is 306 g/mol. The first-order valence-electron chi connectivity index (χ1n) is 8.55. The van der Waals surface area contributed by atoms with Crippen molar-refractivity contribution < 1.29 is 4.74 Å². The van der Waals surface area contributed by atoms with Gasteiger partial charge in [-0.3, -0.25) is 4.99 Å². The molecule has 0 saturated carbocycles. The normalized spacial score (nSPS) is 12.3. The van der Waals surface area contributed by atoms with Crippen LogP contribution in [0.3, 0.4) is 0 Å². The number of aryl methyl sites for hydroxylation is 2. The van der Waals surface area contributed by atoms with Crippen LogP contribution in [-0.4, -0.2) is 6.21 Å². The first-order valence-corrected chi connectivity index (χ1v) is 8.55. The Balaban J connectivity index is 1.74. The van der Waals surface area contributed by atoms with Crippen LogP contribution in [0.25, 0.3) is 0 Å². The van der Waals surface area contributed by atoms with Gasteiger partial charge in [-0.25, -0.2) is 0 Å². The summed E-state index contributed by atoms with van der Waals surface area (Å²) in [6, 6.07) is 24.4. The molecule has 0 aliphatic carbocycles. The van der Waals surface area contributed by atoms with Gasteiger partial charge in [-0.2, -0.15) is 0 Å². The van der Waals surface area contributed by atoms with Crippen LogP contribution in [0.2, 0.25) is 0 Å². The highest BCUT2D eigenvalue weighted by molar-refractivity contribution is 5.80. The van der Waals surface area contributed by atoms with Crippen LogP contribution in [0, 0.1) is 13.8 Å². The van der Waals surface area contributed by atoms with Crippen molar-refractivity contribution in [1.29, 1.82) is 0 Å². The highest BCUT2D eigenvalue weighted by Crippen LogP contribution is 2.23. The van der Waals surface area contributed by atoms with Gasteiger partial charge < -0.3 is 4.74 Å². The van der Waals surface area contributed by atoms with Gasteiger partial charge in [0.1, 0.15) is 11.5 Å². The molecule has 0 heterocycles. The molecule has 1 unspecified atom stereocenters. The summed E-state index contributed by atoms with van der Waals surface area (Å²) in [4.78, 5) is 4.72. The van der Waals surface area contributed by atoms with Crippen molar-refractivity contribution >= 4 is 6.21 Å². The summed E-state index contributed by atoms with van der Waals surface area (Å²) >= 11 is 0. The van der Waals surface area contributed by atoms with Gasteiger partial charge in [0.15, 0.2) is 0 Å². The highest BCUT2D eigenvalue weighted by atomic mass is 16.5. The lowest BCUT2D eigenvalue weighted by Gasteiger charge is -2.11. The van der Waals surface area contributed by atoms with E-state index in [0.29, 0.717) is 0 Å². The van der Waals surface area contributed by atoms with E-state index >= 15 is 0 Å². The van der Waals surface area contributed by atoms with Gasteiger partial charge in [0.25, 0.3) is 0 Å². The van der Waals surface area contributed by atoms with Gasteiger partial charge in [-0.15, -0.1) is 0 Å². The second-order valence-electron chi connectivity index (χ2n) is 6.30. The van der Waals surface area contributed by atoms with Crippen LogP contribution >= 0.6 is 0 Å². The highest BCUT2D eigenvalue weighted by Gasteiger charge is 2.06. The first-order chi connectivity index (χ1) is 12.1. The molecule has 0 spiro atoms. The standard InChI is InChI=1S/C23H23NO/c1-17-12-13-23(18(2)14-17)19(3)24-16-20-8-7-11-22(15-20)25-21-9-5-4-6-10-21/h4-16,19H,1-3H3/b24-16+. The molecule has 3 rings (SSSR count). The number of hydrogen-bond donors (Lipinski definition) is 0. The van der Waals surface area contributed by atoms with Crippen molar-refractivity contribution in [2.45, 2.75) is 26.8 Å². The van der Waals surface area contributed by atoms with E-state index in [9.17, 15) is 0 Å². The average molecular weight is 329 g/mol. The van der Waals surface area contributed by atoms with E-state index in [4.69, 9.17) is 9.73 Å². The molecule has 0 bridgehead atoms. The van der Waals surface area contributed by atoms with E-state index in [1.807, 2.05) is 60.8 Å². The van der Waals surface area contributed by atoms with E-state index in [2.05, 4.69) is 39.0 Å². The van der Waals surface area contributed by atoms with Crippen molar-refractivity contribution in [1.82, 2.24) is 0 Å². The largest absolute Gasteiger partial charge is 0.457 e. The number of aliphatic imine (C=N–C) groups is 1. The summed E-state index contributed by atoms with van der Waals surface area (Å²) in [5, 5.41) is 0. The molecule has 0 aliphatic rings. The molecule has 0 aromatic heterocycles. The van der Waals surface area contributed by atoms with Gasteiger partial charge in [0, 0.05) is 6.21 Å². The summed E-state index contributed by atoms with van der Waals surface area (Å²) in [6.07, 6.45) is 1.92. The number of para-hydroxylation sites is 1. The van der Waals surface area contributed by atoms with Crippen LogP contribution in [0.4, 0.5) is 0 Å². The average Bonchev–Trinajstić information content (AvgIpc) is 2.61. The summed E-state index contributed by atoms with van der Waals surface area (Å²) in [5.74, 6) is 1.65. The third-order valence-corrected chi connectivity index (χ3v) is 4.16. The van der Waals surface area contributed by atoms with Crippen LogP contribution in [0.15, 0.2) is 77.8 Å². The smallest absolute Gasteiger partial charge is 0.128 e. The molecule has 0 fully saturated rings. The Morgan fingerprint density at radius 2 is 1.60 bits per heavy atom. The van der Waals surface area contributed by atoms with Crippen LogP contribution < -0.4 is 4.74 Å². The predicted octanol–water partition coefficient (Wildman–Crippen LogP) is 6.28. The maximum absolute atomic E-state index is 5.88. The first kappa shape index (κ1) is 17.0. The Labute approximate surface area is 149 Å². The lowest BCUT2D eigenvalue weighted by atomic mass is 10.0. The number of ether oxygens (including phenoxy) is 1. The SMILES string of the molecule is Cc1ccc(C(C)/N=C/c2cccc(Oc3ccccc3)c2)c(C)c1. The van der Waals surface area contributed by atoms with Crippen LogP contribution in [0.5, 0.6) is 11.5 Å². The molecular formula is C23H23NO. The van der Waals surface area contributed by atoms with E-state index in [1.165, 1.54) is 16.7 Å². The monoisotopic (exact) mass is 329 g/mol. The zero-order chi connectivity index (χ0) is 17.6. The van der Waals surface area contributed by atoms with Crippen molar-refractivity contribution in [3.8, 4) is 11.5 Å². The van der Waals surface area contributed by atoms with E-state index in [-0.39, 0.29) is 6.04 Å². The van der Waals surface area contributed by atoms with Gasteiger partial charge in [0.2, 0.25) is 0 Å². The molecule has 2 nitrogen and oxygen atoms in total. The third-order valence-electron chi connectivity index (χ3n) is 4.16. The second kappa shape index (κ2) is 7.80. The van der Waals surface area contributed by atoms with E-state index in [0.717, 1.165) is 17.1 Å². The van der Waals surface area contributed by atoms with E-state index < -0.39 is 0 Å². The lowest BCUT2D eigenvalue weighted by molar-refractivity contribution is 0.482. The summed E-state index contributed by atoms with van der Waals surface area (Å²) < 4.78 is 5.88. The molecule has 126 valence electrons. The van der Waals surface area contributed by atoms with Gasteiger partial charge in [0.05, 0.1) is 6.04 Å². The molecule has 0 aliphatic heterocycles. The Kier molecular flexibility index (Phi) is 5.30. The van der Waals surface area contributed by atoms with Gasteiger partial charge in [-0.1, -0.05) is 54.1 Å². The molecule has 0 saturated heterocycles. The minimum Gasteiger partial charge on any atom is -0.457 e. The molecule has 0 radical (unpaired) electrons. The Bertz CT molecular complexity index is 868. The zero-order valence-corrected chi connectivity index (χ0v) is 14.9. The molecule has 0 amide bonds. The van der Waals surface area contributed by atoms with Crippen LogP contribution in [-0.2, 0) is 0 Å². The van der Waals surface area contributed by atoms with E-state index in [1.54, 1.807) is 0 Å². The summed E-state index contributed by atoms with van der Waals surface area (Å²) in [5.41, 5.74) is 4.86. The Morgan fingerprint density at radius 3 is 2.36 bits per heavy atom. The fourth-order valence-electron chi connectivity index (χ4n) is 2.86. The Hall–Kier alpha value is -2.87. The predicted molar refractivity (Wildman–Crippen MR) is 105 cm³/mol. The molecule has 1 atom stereocenters. The lowest BCUT2D eigenvalue weighted by Crippen LogP contribution is -1.95. The maximum atomic E-state index is 5.88. The topological polar surface area (TPSA) is 21.6 Å². The molecule has 0 N–H and O–H groups in total. The summed E-state index contributed by atoms with van der Waals surface area (Å²) in [6.45, 7) is 6.38. The van der Waals surface area contributed by atoms with Crippen molar-refractivity contribution in [3.63, 3.8) is 0 Å². The fourth-order valence-corrected chi connectivity index (χ4v) is 2.86. The maximum Gasteiger partial charge on any atom is 0.128 e. The quantitative estimate of drug-likeness (QED) is 0.505.